The van der Waals surface area contributed by atoms with Gasteiger partial charge in [0.15, 0.2) is 0 Å². The number of carbonyl (C=O) groups is 1. The lowest BCUT2D eigenvalue weighted by Crippen LogP contribution is -2.43. The number of primary amides is 1. The lowest BCUT2D eigenvalue weighted by molar-refractivity contribution is 0.0995. The molecule has 1 aromatic heterocycles. The smallest absolute Gasteiger partial charge is 0.267 e. The summed E-state index contributed by atoms with van der Waals surface area (Å²) in [5.74, 6) is 5.66. The third-order valence-corrected chi connectivity index (χ3v) is 3.01. The predicted molar refractivity (Wildman–Crippen MR) is 73.6 cm³/mol. The topological polar surface area (TPSA) is 71.2 Å². The molecule has 0 radical (unpaired) electrons. The molecule has 5 heteroatoms. The highest BCUT2D eigenvalue weighted by molar-refractivity contribution is 5.90. The van der Waals surface area contributed by atoms with Gasteiger partial charge in [-0.3, -0.25) is 9.69 Å². The van der Waals surface area contributed by atoms with Gasteiger partial charge in [-0.25, -0.2) is 4.98 Å². The Kier molecular flexibility index (Phi) is 4.90. The fourth-order valence-corrected chi connectivity index (χ4v) is 1.93. The monoisotopic (exact) mass is 258 g/mol. The van der Waals surface area contributed by atoms with E-state index in [-0.39, 0.29) is 5.69 Å². The number of nitrogens with one attached hydrogen (secondary N) is 1. The molecule has 2 rings (SSSR count). The molecule has 0 saturated carbocycles. The van der Waals surface area contributed by atoms with Crippen LogP contribution in [-0.2, 0) is 0 Å². The summed E-state index contributed by atoms with van der Waals surface area (Å²) < 4.78 is 0. The molecule has 0 spiro atoms. The van der Waals surface area contributed by atoms with E-state index in [1.165, 1.54) is 0 Å². The lowest BCUT2D eigenvalue weighted by Gasteiger charge is -2.26. The zero-order chi connectivity index (χ0) is 13.5. The van der Waals surface area contributed by atoms with Crippen LogP contribution >= 0.6 is 0 Å². The molecule has 0 atom stereocenters. The molecule has 0 unspecified atom stereocenters. The predicted octanol–water partition coefficient (Wildman–Crippen LogP) is -0.173. The van der Waals surface area contributed by atoms with E-state index >= 15 is 0 Å². The molecule has 19 heavy (non-hydrogen) atoms. The van der Waals surface area contributed by atoms with Crippen molar-refractivity contribution in [3.8, 4) is 11.8 Å². The van der Waals surface area contributed by atoms with Crippen molar-refractivity contribution in [3.63, 3.8) is 0 Å². The number of aromatic nitrogens is 1. The van der Waals surface area contributed by atoms with Crippen LogP contribution in [0.2, 0.25) is 0 Å². The first kappa shape index (κ1) is 13.5. The first-order chi connectivity index (χ1) is 9.25. The highest BCUT2D eigenvalue weighted by atomic mass is 16.1. The zero-order valence-corrected chi connectivity index (χ0v) is 10.9. The van der Waals surface area contributed by atoms with Gasteiger partial charge < -0.3 is 11.1 Å². The van der Waals surface area contributed by atoms with Gasteiger partial charge in [-0.2, -0.15) is 0 Å². The first-order valence-electron chi connectivity index (χ1n) is 6.43. The van der Waals surface area contributed by atoms with Crippen molar-refractivity contribution >= 4 is 5.91 Å². The molecule has 3 N–H and O–H groups in total. The first-order valence-corrected chi connectivity index (χ1v) is 6.43. The fourth-order valence-electron chi connectivity index (χ4n) is 1.93. The molecule has 0 aliphatic carbocycles. The number of hydrogen-bond donors (Lipinski definition) is 2. The average Bonchev–Trinajstić information content (AvgIpc) is 2.45. The van der Waals surface area contributed by atoms with E-state index < -0.39 is 5.91 Å². The Bertz CT molecular complexity index is 480. The van der Waals surface area contributed by atoms with Crippen LogP contribution in [0.1, 0.15) is 22.5 Å². The van der Waals surface area contributed by atoms with E-state index in [9.17, 15) is 4.79 Å². The summed E-state index contributed by atoms with van der Waals surface area (Å²) in [5, 5.41) is 3.32. The minimum Gasteiger partial charge on any atom is -0.364 e. The second kappa shape index (κ2) is 6.88. The summed E-state index contributed by atoms with van der Waals surface area (Å²) in [6, 6.07) is 3.37. The van der Waals surface area contributed by atoms with Gasteiger partial charge in [-0.15, -0.1) is 0 Å². The van der Waals surface area contributed by atoms with Crippen molar-refractivity contribution in [2.75, 3.05) is 32.7 Å². The molecular formula is C14H18N4O. The minimum atomic E-state index is -0.516. The third-order valence-electron chi connectivity index (χ3n) is 3.01. The van der Waals surface area contributed by atoms with E-state index in [0.717, 1.165) is 44.7 Å². The van der Waals surface area contributed by atoms with Gasteiger partial charge in [0.1, 0.15) is 5.69 Å². The molecule has 1 aliphatic heterocycles. The number of piperazine rings is 1. The largest absolute Gasteiger partial charge is 0.364 e. The highest BCUT2D eigenvalue weighted by Gasteiger charge is 2.07. The van der Waals surface area contributed by atoms with Crippen LogP contribution in [0.15, 0.2) is 18.3 Å². The summed E-state index contributed by atoms with van der Waals surface area (Å²) in [4.78, 5) is 17.2. The number of amides is 1. The maximum absolute atomic E-state index is 10.9. The van der Waals surface area contributed by atoms with Crippen molar-refractivity contribution in [1.29, 1.82) is 0 Å². The third kappa shape index (κ3) is 4.36. The van der Waals surface area contributed by atoms with Crippen LogP contribution < -0.4 is 11.1 Å². The molecule has 1 amide bonds. The van der Waals surface area contributed by atoms with Crippen molar-refractivity contribution < 1.29 is 4.79 Å². The Morgan fingerprint density at radius 2 is 2.21 bits per heavy atom. The Morgan fingerprint density at radius 1 is 1.42 bits per heavy atom. The van der Waals surface area contributed by atoms with E-state index in [1.54, 1.807) is 18.3 Å². The normalized spacial score (nSPS) is 15.6. The van der Waals surface area contributed by atoms with Crippen LogP contribution in [0.5, 0.6) is 0 Å². The van der Waals surface area contributed by atoms with E-state index in [1.807, 2.05) is 0 Å². The van der Waals surface area contributed by atoms with Gasteiger partial charge in [0.25, 0.3) is 5.91 Å². The Labute approximate surface area is 113 Å². The molecule has 100 valence electrons. The molecule has 1 aliphatic rings. The van der Waals surface area contributed by atoms with E-state index in [2.05, 4.69) is 27.0 Å². The molecule has 5 nitrogen and oxygen atoms in total. The summed E-state index contributed by atoms with van der Waals surface area (Å²) in [6.45, 7) is 5.31. The van der Waals surface area contributed by atoms with Gasteiger partial charge in [-0.05, 0) is 12.1 Å². The van der Waals surface area contributed by atoms with Crippen LogP contribution in [0, 0.1) is 11.8 Å². The maximum Gasteiger partial charge on any atom is 0.267 e. The number of rotatable bonds is 3. The lowest BCUT2D eigenvalue weighted by atomic mass is 10.2. The van der Waals surface area contributed by atoms with Crippen LogP contribution in [0.25, 0.3) is 0 Å². The Morgan fingerprint density at radius 3 is 2.84 bits per heavy atom. The van der Waals surface area contributed by atoms with E-state index in [0.29, 0.717) is 0 Å². The van der Waals surface area contributed by atoms with Gasteiger partial charge >= 0.3 is 0 Å². The van der Waals surface area contributed by atoms with Crippen molar-refractivity contribution in [2.24, 2.45) is 5.73 Å². The molecule has 1 fully saturated rings. The summed E-state index contributed by atoms with van der Waals surface area (Å²) in [6.07, 6.45) is 2.43. The fraction of sp³-hybridized carbons (Fsp3) is 0.429. The summed E-state index contributed by atoms with van der Waals surface area (Å²) in [5.41, 5.74) is 6.20. The standard InChI is InChI=1S/C14H18N4O/c15-14(19)13-5-4-12(11-17-13)3-1-2-8-18-9-6-16-7-10-18/h4-5,11,16H,2,6-10H2,(H2,15,19). The number of nitrogens with two attached hydrogens (primary N) is 1. The molecule has 1 aromatic rings. The van der Waals surface area contributed by atoms with Gasteiger partial charge in [0, 0.05) is 50.9 Å². The number of nitrogens with zero attached hydrogens (tertiary/aromatic N) is 2. The van der Waals surface area contributed by atoms with Gasteiger partial charge in [-0.1, -0.05) is 11.8 Å². The highest BCUT2D eigenvalue weighted by Crippen LogP contribution is 1.98. The van der Waals surface area contributed by atoms with Crippen LogP contribution in [-0.4, -0.2) is 48.5 Å². The van der Waals surface area contributed by atoms with Gasteiger partial charge in [0.05, 0.1) is 0 Å². The Hall–Kier alpha value is -1.90. The van der Waals surface area contributed by atoms with Gasteiger partial charge in [0.2, 0.25) is 0 Å². The maximum atomic E-state index is 10.9. The molecular weight excluding hydrogens is 240 g/mol. The minimum absolute atomic E-state index is 0.270. The van der Waals surface area contributed by atoms with E-state index in [4.69, 9.17) is 5.73 Å². The van der Waals surface area contributed by atoms with Crippen LogP contribution in [0.4, 0.5) is 0 Å². The number of hydrogen-bond acceptors (Lipinski definition) is 4. The second-order valence-electron chi connectivity index (χ2n) is 4.44. The van der Waals surface area contributed by atoms with Crippen molar-refractivity contribution in [2.45, 2.75) is 6.42 Å². The van der Waals surface area contributed by atoms with Crippen molar-refractivity contribution in [3.05, 3.63) is 29.6 Å². The molecule has 0 bridgehead atoms. The molecule has 2 heterocycles. The van der Waals surface area contributed by atoms with Crippen molar-refractivity contribution in [1.82, 2.24) is 15.2 Å². The molecule has 1 saturated heterocycles. The number of pyridine rings is 1. The average molecular weight is 258 g/mol. The zero-order valence-electron chi connectivity index (χ0n) is 10.9. The Balaban J connectivity index is 1.80. The molecule has 0 aromatic carbocycles. The SMILES string of the molecule is NC(=O)c1ccc(C#CCCN2CCNCC2)cn1. The second-order valence-corrected chi connectivity index (χ2v) is 4.44. The summed E-state index contributed by atoms with van der Waals surface area (Å²) in [7, 11) is 0. The quantitative estimate of drug-likeness (QED) is 0.738. The van der Waals surface area contributed by atoms with Crippen LogP contribution in [0.3, 0.4) is 0 Å². The summed E-state index contributed by atoms with van der Waals surface area (Å²) >= 11 is 0. The number of carbonyl (C=O) groups excluding carboxylic acids is 1.